The van der Waals surface area contributed by atoms with Crippen LogP contribution in [0, 0.1) is 24.0 Å². The summed E-state index contributed by atoms with van der Waals surface area (Å²) in [7, 11) is 0. The highest BCUT2D eigenvalue weighted by molar-refractivity contribution is 7.80. The fraction of sp³-hybridized carbons (Fsp3) is 0.211. The van der Waals surface area contributed by atoms with E-state index >= 15 is 0 Å². The van der Waals surface area contributed by atoms with Crippen LogP contribution < -0.4 is 5.32 Å². The highest BCUT2D eigenvalue weighted by Gasteiger charge is 2.32. The topological polar surface area (TPSA) is 97.5 Å². The molecule has 0 unspecified atom stereocenters. The average molecular weight is 398 g/mol. The van der Waals surface area contributed by atoms with Crippen LogP contribution in [-0.2, 0) is 9.59 Å². The van der Waals surface area contributed by atoms with Gasteiger partial charge in [0.05, 0.1) is 4.92 Å². The van der Waals surface area contributed by atoms with E-state index in [1.165, 1.54) is 17.0 Å². The molecule has 0 bridgehead atoms. The van der Waals surface area contributed by atoms with Gasteiger partial charge in [-0.3, -0.25) is 29.9 Å². The normalized spacial score (nSPS) is 15.9. The van der Waals surface area contributed by atoms with Gasteiger partial charge < -0.3 is 4.57 Å². The maximum absolute atomic E-state index is 12.6. The van der Waals surface area contributed by atoms with Crippen LogP contribution in [0.15, 0.2) is 35.9 Å². The Bertz CT molecular complexity index is 1040. The summed E-state index contributed by atoms with van der Waals surface area (Å²) in [5.41, 5.74) is 3.15. The third kappa shape index (κ3) is 3.31. The lowest BCUT2D eigenvalue weighted by molar-refractivity contribution is -0.384. The summed E-state index contributed by atoms with van der Waals surface area (Å²) in [5, 5.41) is 13.5. The largest absolute Gasteiger partial charge is 0.318 e. The van der Waals surface area contributed by atoms with Gasteiger partial charge in [0.15, 0.2) is 5.11 Å². The number of rotatable bonds is 4. The number of aryl methyl sites for hydroxylation is 1. The van der Waals surface area contributed by atoms with Crippen molar-refractivity contribution in [3.63, 3.8) is 0 Å². The lowest BCUT2D eigenvalue weighted by Gasteiger charge is -2.27. The fourth-order valence-corrected chi connectivity index (χ4v) is 3.50. The van der Waals surface area contributed by atoms with Crippen LogP contribution in [0.5, 0.6) is 0 Å². The minimum absolute atomic E-state index is 0.00801. The lowest BCUT2D eigenvalue weighted by atomic mass is 10.1. The van der Waals surface area contributed by atoms with E-state index in [0.29, 0.717) is 12.1 Å². The van der Waals surface area contributed by atoms with Gasteiger partial charge in [-0.1, -0.05) is 0 Å². The fourth-order valence-electron chi connectivity index (χ4n) is 3.19. The maximum atomic E-state index is 12.6. The highest BCUT2D eigenvalue weighted by Crippen LogP contribution is 2.25. The monoisotopic (exact) mass is 398 g/mol. The predicted molar refractivity (Wildman–Crippen MR) is 108 cm³/mol. The number of amides is 2. The van der Waals surface area contributed by atoms with Crippen LogP contribution in [-0.4, -0.2) is 37.9 Å². The molecule has 3 rings (SSSR count). The van der Waals surface area contributed by atoms with E-state index in [2.05, 4.69) is 5.32 Å². The van der Waals surface area contributed by atoms with E-state index in [9.17, 15) is 19.7 Å². The van der Waals surface area contributed by atoms with Gasteiger partial charge in [0.1, 0.15) is 5.57 Å². The Balaban J connectivity index is 2.03. The Morgan fingerprint density at radius 3 is 2.43 bits per heavy atom. The van der Waals surface area contributed by atoms with Gasteiger partial charge in [0.2, 0.25) is 0 Å². The Hall–Kier alpha value is -3.33. The number of carbonyl (C=O) groups is 2. The summed E-state index contributed by atoms with van der Waals surface area (Å²) >= 11 is 5.04. The molecule has 0 atom stereocenters. The summed E-state index contributed by atoms with van der Waals surface area (Å²) in [6, 6.07) is 8.04. The molecule has 1 fully saturated rings. The Morgan fingerprint density at radius 2 is 1.86 bits per heavy atom. The summed E-state index contributed by atoms with van der Waals surface area (Å²) in [5.74, 6) is -0.962. The van der Waals surface area contributed by atoms with Crippen molar-refractivity contribution >= 4 is 40.9 Å². The van der Waals surface area contributed by atoms with Crippen molar-refractivity contribution in [1.29, 1.82) is 0 Å². The molecule has 1 saturated heterocycles. The molecule has 1 aliphatic heterocycles. The smallest absolute Gasteiger partial charge is 0.269 e. The molecule has 0 radical (unpaired) electrons. The van der Waals surface area contributed by atoms with Crippen LogP contribution in [0.4, 0.5) is 5.69 Å². The van der Waals surface area contributed by atoms with E-state index in [4.69, 9.17) is 12.2 Å². The van der Waals surface area contributed by atoms with E-state index < -0.39 is 16.7 Å². The first-order valence-electron chi connectivity index (χ1n) is 8.57. The summed E-state index contributed by atoms with van der Waals surface area (Å²) < 4.78 is 1.91. The van der Waals surface area contributed by atoms with Crippen LogP contribution in [0.3, 0.4) is 0 Å². The molecular formula is C19H18N4O4S. The van der Waals surface area contributed by atoms with Gasteiger partial charge in [-0.25, -0.2) is 0 Å². The zero-order chi connectivity index (χ0) is 20.6. The van der Waals surface area contributed by atoms with Crippen LogP contribution in [0.25, 0.3) is 11.8 Å². The van der Waals surface area contributed by atoms with E-state index in [0.717, 1.165) is 17.1 Å². The summed E-state index contributed by atoms with van der Waals surface area (Å²) in [6.07, 6.45) is 1.55. The zero-order valence-corrected chi connectivity index (χ0v) is 16.4. The molecular weight excluding hydrogens is 380 g/mol. The predicted octanol–water partition coefficient (Wildman–Crippen LogP) is 2.65. The third-order valence-electron chi connectivity index (χ3n) is 4.59. The number of nitro groups is 1. The number of hydrogen-bond acceptors (Lipinski definition) is 5. The van der Waals surface area contributed by atoms with E-state index in [-0.39, 0.29) is 16.4 Å². The molecule has 9 heteroatoms. The van der Waals surface area contributed by atoms with Gasteiger partial charge in [0.25, 0.3) is 17.5 Å². The Morgan fingerprint density at radius 1 is 1.21 bits per heavy atom. The van der Waals surface area contributed by atoms with E-state index in [1.807, 2.05) is 24.5 Å². The Kier molecular flexibility index (Phi) is 5.10. The van der Waals surface area contributed by atoms with Crippen molar-refractivity contribution < 1.29 is 14.5 Å². The number of nitrogens with zero attached hydrogens (tertiary/aromatic N) is 3. The van der Waals surface area contributed by atoms with Crippen molar-refractivity contribution in [2.45, 2.75) is 20.8 Å². The summed E-state index contributed by atoms with van der Waals surface area (Å²) in [6.45, 7) is 5.87. The number of nitrogens with one attached hydrogen (secondary N) is 1. The average Bonchev–Trinajstić information content (AvgIpc) is 2.92. The minimum Gasteiger partial charge on any atom is -0.318 e. The second-order valence-electron chi connectivity index (χ2n) is 6.30. The second kappa shape index (κ2) is 7.35. The molecule has 0 spiro atoms. The lowest BCUT2D eigenvalue weighted by Crippen LogP contribution is -2.53. The maximum Gasteiger partial charge on any atom is 0.269 e. The van der Waals surface area contributed by atoms with Gasteiger partial charge in [-0.15, -0.1) is 0 Å². The van der Waals surface area contributed by atoms with Crippen molar-refractivity contribution in [3.05, 3.63) is 63.0 Å². The van der Waals surface area contributed by atoms with Gasteiger partial charge in [-0.05, 0) is 62.8 Å². The SMILES string of the molecule is CCN1C(=O)/C(=C/c2cc(C)n(-c3ccc([N+](=O)[O-])cc3)c2C)C(=O)NC1=S. The first-order valence-corrected chi connectivity index (χ1v) is 8.98. The molecule has 1 N–H and O–H groups in total. The number of likely N-dealkylation sites (N-methyl/N-ethyl adjacent to an activating group) is 1. The first kappa shape index (κ1) is 19.4. The number of benzene rings is 1. The van der Waals surface area contributed by atoms with Crippen molar-refractivity contribution in [2.75, 3.05) is 6.54 Å². The number of carbonyl (C=O) groups excluding carboxylic acids is 2. The molecule has 1 aromatic heterocycles. The molecule has 0 aliphatic carbocycles. The zero-order valence-electron chi connectivity index (χ0n) is 15.6. The van der Waals surface area contributed by atoms with Crippen molar-refractivity contribution in [1.82, 2.24) is 14.8 Å². The summed E-state index contributed by atoms with van der Waals surface area (Å²) in [4.78, 5) is 36.6. The molecule has 2 heterocycles. The Labute approximate surface area is 166 Å². The molecule has 2 aromatic rings. The van der Waals surface area contributed by atoms with Crippen LogP contribution >= 0.6 is 12.2 Å². The van der Waals surface area contributed by atoms with Crippen molar-refractivity contribution in [3.8, 4) is 5.69 Å². The number of nitro benzene ring substituents is 1. The van der Waals surface area contributed by atoms with Crippen LogP contribution in [0.1, 0.15) is 23.9 Å². The molecule has 2 amide bonds. The highest BCUT2D eigenvalue weighted by atomic mass is 32.1. The molecule has 0 saturated carbocycles. The molecule has 1 aliphatic rings. The number of hydrogen-bond donors (Lipinski definition) is 1. The van der Waals surface area contributed by atoms with E-state index in [1.54, 1.807) is 25.1 Å². The first-order chi connectivity index (χ1) is 13.2. The standard InChI is InChI=1S/C19H18N4O4S/c1-4-21-18(25)16(17(24)20-19(21)28)10-13-9-11(2)22(12(13)3)14-5-7-15(8-6-14)23(26)27/h5-10H,4H2,1-3H3,(H,20,24,28)/b16-10+. The minimum atomic E-state index is -0.528. The van der Waals surface area contributed by atoms with Gasteiger partial charge in [0, 0.05) is 35.8 Å². The van der Waals surface area contributed by atoms with Crippen molar-refractivity contribution in [2.24, 2.45) is 0 Å². The van der Waals surface area contributed by atoms with Gasteiger partial charge in [-0.2, -0.15) is 0 Å². The number of aromatic nitrogens is 1. The third-order valence-corrected chi connectivity index (χ3v) is 4.91. The van der Waals surface area contributed by atoms with Gasteiger partial charge >= 0.3 is 0 Å². The molecule has 1 aromatic carbocycles. The second-order valence-corrected chi connectivity index (χ2v) is 6.69. The number of non-ortho nitro benzene ring substituents is 1. The molecule has 28 heavy (non-hydrogen) atoms. The molecule has 144 valence electrons. The molecule has 8 nitrogen and oxygen atoms in total. The van der Waals surface area contributed by atoms with Crippen LogP contribution in [0.2, 0.25) is 0 Å². The quantitative estimate of drug-likeness (QED) is 0.281. The number of thiocarbonyl (C=S) groups is 1.